The highest BCUT2D eigenvalue weighted by Gasteiger charge is 2.10. The van der Waals surface area contributed by atoms with Gasteiger partial charge in [0, 0.05) is 0 Å². The molecule has 0 spiro atoms. The SMILES string of the molecule is Cc1cc(C#N)cc(C)c1OCC(O)COC(C)C. The van der Waals surface area contributed by atoms with Crippen molar-refractivity contribution in [1.29, 1.82) is 5.26 Å². The highest BCUT2D eigenvalue weighted by Crippen LogP contribution is 2.24. The number of ether oxygens (including phenoxy) is 2. The maximum absolute atomic E-state index is 9.74. The molecular weight excluding hydrogens is 242 g/mol. The van der Waals surface area contributed by atoms with E-state index in [1.165, 1.54) is 0 Å². The van der Waals surface area contributed by atoms with Gasteiger partial charge < -0.3 is 14.6 Å². The smallest absolute Gasteiger partial charge is 0.125 e. The van der Waals surface area contributed by atoms with Crippen LogP contribution in [0.2, 0.25) is 0 Å². The van der Waals surface area contributed by atoms with E-state index in [2.05, 4.69) is 6.07 Å². The van der Waals surface area contributed by atoms with E-state index in [-0.39, 0.29) is 19.3 Å². The molecule has 0 heterocycles. The Bertz CT molecular complexity index is 440. The second-order valence-electron chi connectivity index (χ2n) is 4.90. The van der Waals surface area contributed by atoms with Crippen molar-refractivity contribution in [1.82, 2.24) is 0 Å². The minimum Gasteiger partial charge on any atom is -0.490 e. The Hall–Kier alpha value is -1.57. The van der Waals surface area contributed by atoms with Crippen molar-refractivity contribution in [2.45, 2.75) is 39.9 Å². The van der Waals surface area contributed by atoms with E-state index in [9.17, 15) is 5.11 Å². The Balaban J connectivity index is 2.61. The Morgan fingerprint density at radius 2 is 1.79 bits per heavy atom. The molecule has 0 saturated heterocycles. The summed E-state index contributed by atoms with van der Waals surface area (Å²) in [7, 11) is 0. The predicted molar refractivity (Wildman–Crippen MR) is 73.2 cm³/mol. The Morgan fingerprint density at radius 3 is 2.26 bits per heavy atom. The average Bonchev–Trinajstić information content (AvgIpc) is 2.34. The molecule has 0 radical (unpaired) electrons. The molecule has 104 valence electrons. The molecule has 0 aromatic heterocycles. The van der Waals surface area contributed by atoms with Crippen LogP contribution in [0.4, 0.5) is 0 Å². The van der Waals surface area contributed by atoms with Gasteiger partial charge in [-0.05, 0) is 51.0 Å². The molecule has 0 aliphatic carbocycles. The van der Waals surface area contributed by atoms with Crippen LogP contribution in [0.25, 0.3) is 0 Å². The lowest BCUT2D eigenvalue weighted by molar-refractivity contribution is -0.0124. The summed E-state index contributed by atoms with van der Waals surface area (Å²) in [5.41, 5.74) is 2.41. The number of aryl methyl sites for hydroxylation is 2. The monoisotopic (exact) mass is 263 g/mol. The fourth-order valence-corrected chi connectivity index (χ4v) is 1.77. The largest absolute Gasteiger partial charge is 0.490 e. The fourth-order valence-electron chi connectivity index (χ4n) is 1.77. The quantitative estimate of drug-likeness (QED) is 0.855. The van der Waals surface area contributed by atoms with E-state index in [4.69, 9.17) is 14.7 Å². The van der Waals surface area contributed by atoms with E-state index in [0.29, 0.717) is 5.56 Å². The number of nitriles is 1. The lowest BCUT2D eigenvalue weighted by Crippen LogP contribution is -2.25. The van der Waals surface area contributed by atoms with Crippen LogP contribution in [-0.4, -0.2) is 30.5 Å². The Morgan fingerprint density at radius 1 is 1.21 bits per heavy atom. The number of benzene rings is 1. The molecule has 0 fully saturated rings. The highest BCUT2D eigenvalue weighted by molar-refractivity contribution is 5.47. The molecule has 4 heteroatoms. The van der Waals surface area contributed by atoms with Crippen molar-refractivity contribution in [3.05, 3.63) is 28.8 Å². The standard InChI is InChI=1S/C15H21NO3/c1-10(2)18-8-14(17)9-19-15-11(3)5-13(7-16)6-12(15)4/h5-6,10,14,17H,8-9H2,1-4H3. The third-order valence-corrected chi connectivity index (χ3v) is 2.63. The van der Waals surface area contributed by atoms with Gasteiger partial charge in [-0.2, -0.15) is 5.26 Å². The van der Waals surface area contributed by atoms with Gasteiger partial charge in [-0.15, -0.1) is 0 Å². The zero-order valence-corrected chi connectivity index (χ0v) is 11.9. The molecule has 1 atom stereocenters. The van der Waals surface area contributed by atoms with Crippen molar-refractivity contribution < 1.29 is 14.6 Å². The van der Waals surface area contributed by atoms with E-state index in [0.717, 1.165) is 16.9 Å². The first kappa shape index (κ1) is 15.5. The normalized spacial score (nSPS) is 12.3. The van der Waals surface area contributed by atoms with Crippen LogP contribution in [0.15, 0.2) is 12.1 Å². The van der Waals surface area contributed by atoms with Crippen LogP contribution in [0.3, 0.4) is 0 Å². The highest BCUT2D eigenvalue weighted by atomic mass is 16.5. The first-order chi connectivity index (χ1) is 8.93. The molecule has 0 bridgehead atoms. The lowest BCUT2D eigenvalue weighted by Gasteiger charge is -2.17. The summed E-state index contributed by atoms with van der Waals surface area (Å²) in [6, 6.07) is 5.66. The van der Waals surface area contributed by atoms with Crippen LogP contribution >= 0.6 is 0 Å². The number of rotatable bonds is 6. The van der Waals surface area contributed by atoms with E-state index < -0.39 is 6.10 Å². The zero-order valence-electron chi connectivity index (χ0n) is 11.9. The molecule has 4 nitrogen and oxygen atoms in total. The predicted octanol–water partition coefficient (Wildman–Crippen LogP) is 2.34. The van der Waals surface area contributed by atoms with Crippen molar-refractivity contribution in [3.8, 4) is 11.8 Å². The molecule has 0 aliphatic rings. The van der Waals surface area contributed by atoms with Crippen molar-refractivity contribution >= 4 is 0 Å². The van der Waals surface area contributed by atoms with E-state index >= 15 is 0 Å². The van der Waals surface area contributed by atoms with Crippen LogP contribution in [0.5, 0.6) is 5.75 Å². The summed E-state index contributed by atoms with van der Waals surface area (Å²) in [6.45, 7) is 8.05. The molecule has 1 rings (SSSR count). The molecule has 0 amide bonds. The summed E-state index contributed by atoms with van der Waals surface area (Å²) in [5, 5.41) is 18.6. The lowest BCUT2D eigenvalue weighted by atomic mass is 10.1. The third-order valence-electron chi connectivity index (χ3n) is 2.63. The van der Waals surface area contributed by atoms with Crippen molar-refractivity contribution in [2.24, 2.45) is 0 Å². The second-order valence-corrected chi connectivity index (χ2v) is 4.90. The number of nitrogens with zero attached hydrogens (tertiary/aromatic N) is 1. The van der Waals surface area contributed by atoms with Gasteiger partial charge in [-0.3, -0.25) is 0 Å². The Kier molecular flexibility index (Phi) is 5.81. The summed E-state index contributed by atoms with van der Waals surface area (Å²) in [5.74, 6) is 0.725. The van der Waals surface area contributed by atoms with Crippen LogP contribution in [0, 0.1) is 25.2 Å². The van der Waals surface area contributed by atoms with Gasteiger partial charge in [0.05, 0.1) is 24.3 Å². The van der Waals surface area contributed by atoms with Gasteiger partial charge in [-0.25, -0.2) is 0 Å². The van der Waals surface area contributed by atoms with E-state index in [1.807, 2.05) is 27.7 Å². The molecule has 1 unspecified atom stereocenters. The molecule has 0 aliphatic heterocycles. The first-order valence-corrected chi connectivity index (χ1v) is 6.37. The fraction of sp³-hybridized carbons (Fsp3) is 0.533. The van der Waals surface area contributed by atoms with Crippen molar-refractivity contribution in [2.75, 3.05) is 13.2 Å². The number of hydrogen-bond acceptors (Lipinski definition) is 4. The number of aliphatic hydroxyl groups is 1. The first-order valence-electron chi connectivity index (χ1n) is 6.37. The molecule has 0 saturated carbocycles. The minimum atomic E-state index is -0.656. The van der Waals surface area contributed by atoms with Crippen LogP contribution in [-0.2, 0) is 4.74 Å². The zero-order chi connectivity index (χ0) is 14.4. The minimum absolute atomic E-state index is 0.0908. The number of hydrogen-bond donors (Lipinski definition) is 1. The molecule has 19 heavy (non-hydrogen) atoms. The van der Waals surface area contributed by atoms with Gasteiger partial charge in [0.15, 0.2) is 0 Å². The van der Waals surface area contributed by atoms with Gasteiger partial charge in [0.1, 0.15) is 18.5 Å². The molecule has 1 aromatic carbocycles. The maximum Gasteiger partial charge on any atom is 0.125 e. The van der Waals surface area contributed by atoms with Crippen LogP contribution in [0.1, 0.15) is 30.5 Å². The maximum atomic E-state index is 9.74. The summed E-state index contributed by atoms with van der Waals surface area (Å²) < 4.78 is 10.9. The van der Waals surface area contributed by atoms with Gasteiger partial charge in [0.2, 0.25) is 0 Å². The van der Waals surface area contributed by atoms with Gasteiger partial charge >= 0.3 is 0 Å². The summed E-state index contributed by atoms with van der Waals surface area (Å²) >= 11 is 0. The van der Waals surface area contributed by atoms with E-state index in [1.54, 1.807) is 12.1 Å². The average molecular weight is 263 g/mol. The molecule has 1 N–H and O–H groups in total. The van der Waals surface area contributed by atoms with Crippen LogP contribution < -0.4 is 4.74 Å². The van der Waals surface area contributed by atoms with Gasteiger partial charge in [0.25, 0.3) is 0 Å². The molecular formula is C15H21NO3. The summed E-state index contributed by atoms with van der Waals surface area (Å²) in [4.78, 5) is 0. The van der Waals surface area contributed by atoms with Gasteiger partial charge in [-0.1, -0.05) is 0 Å². The Labute approximate surface area is 114 Å². The third kappa shape index (κ3) is 4.90. The van der Waals surface area contributed by atoms with Crippen molar-refractivity contribution in [3.63, 3.8) is 0 Å². The number of aliphatic hydroxyl groups excluding tert-OH is 1. The topological polar surface area (TPSA) is 62.5 Å². The second kappa shape index (κ2) is 7.13. The molecule has 1 aromatic rings. The summed E-state index contributed by atoms with van der Waals surface area (Å²) in [6.07, 6.45) is -0.565.